The fourth-order valence-corrected chi connectivity index (χ4v) is 4.43. The number of hydrogen-bond donors (Lipinski definition) is 1. The molecule has 2 rings (SSSR count). The lowest BCUT2D eigenvalue weighted by atomic mass is 9.93. The molecule has 8 nitrogen and oxygen atoms in total. The summed E-state index contributed by atoms with van der Waals surface area (Å²) in [6.07, 6.45) is 1.27. The van der Waals surface area contributed by atoms with Crippen LogP contribution in [0.2, 0.25) is 0 Å². The average Bonchev–Trinajstić information content (AvgIpc) is 2.67. The molecule has 9 heteroatoms. The van der Waals surface area contributed by atoms with Gasteiger partial charge in [-0.15, -0.1) is 0 Å². The van der Waals surface area contributed by atoms with Crippen LogP contribution in [-0.2, 0) is 19.6 Å². The van der Waals surface area contributed by atoms with Crippen LogP contribution in [0.4, 0.5) is 0 Å². The lowest BCUT2D eigenvalue weighted by molar-refractivity contribution is -0.140. The number of nitrogens with zero attached hydrogens (tertiary/aromatic N) is 2. The Labute approximate surface area is 178 Å². The quantitative estimate of drug-likeness (QED) is 0.682. The molecule has 166 valence electrons. The van der Waals surface area contributed by atoms with Gasteiger partial charge in [-0.1, -0.05) is 32.9 Å². The molecular formula is C21H31N3O5S. The number of rotatable bonds is 6. The van der Waals surface area contributed by atoms with Crippen LogP contribution >= 0.6 is 0 Å². The van der Waals surface area contributed by atoms with Crippen molar-refractivity contribution in [3.63, 3.8) is 0 Å². The molecule has 1 N–H and O–H groups in total. The number of Topliss-reactive ketones (excluding diaryl/α,β-unsaturated/α-hetero) is 1. The molecule has 0 bridgehead atoms. The fraction of sp³-hybridized carbons (Fsp3) is 0.571. The van der Waals surface area contributed by atoms with Gasteiger partial charge < -0.3 is 10.2 Å². The normalized spacial score (nSPS) is 15.9. The van der Waals surface area contributed by atoms with E-state index in [-0.39, 0.29) is 35.1 Å². The minimum atomic E-state index is -3.85. The standard InChI is InChI=1S/C21H31N3O5S/c1-15(25)16-6-8-18(9-7-16)30(28,29)23(5)14-19(26)22-17-10-12-24(13-11-17)20(27)21(2,3)4/h6-9,17H,10-14H2,1-5H3,(H,22,26). The zero-order valence-electron chi connectivity index (χ0n) is 18.3. The number of nitrogens with one attached hydrogen (secondary N) is 1. The first-order chi connectivity index (χ1) is 13.8. The number of carbonyl (C=O) groups is 3. The summed E-state index contributed by atoms with van der Waals surface area (Å²) in [5.74, 6) is -0.446. The Hall–Kier alpha value is -2.26. The Bertz CT molecular complexity index is 896. The van der Waals surface area contributed by atoms with E-state index < -0.39 is 15.4 Å². The van der Waals surface area contributed by atoms with E-state index in [2.05, 4.69) is 5.32 Å². The summed E-state index contributed by atoms with van der Waals surface area (Å²) in [6.45, 7) is 7.88. The first-order valence-electron chi connectivity index (χ1n) is 9.98. The molecule has 0 radical (unpaired) electrons. The second-order valence-corrected chi connectivity index (χ2v) is 10.8. The molecule has 2 amide bonds. The van der Waals surface area contributed by atoms with Crippen molar-refractivity contribution < 1.29 is 22.8 Å². The maximum atomic E-state index is 12.7. The van der Waals surface area contributed by atoms with Gasteiger partial charge in [0.1, 0.15) is 0 Å². The highest BCUT2D eigenvalue weighted by molar-refractivity contribution is 7.89. The second-order valence-electron chi connectivity index (χ2n) is 8.73. The molecule has 1 aromatic rings. The van der Waals surface area contributed by atoms with E-state index in [0.717, 1.165) is 4.31 Å². The predicted molar refractivity (Wildman–Crippen MR) is 113 cm³/mol. The zero-order valence-corrected chi connectivity index (χ0v) is 19.1. The minimum absolute atomic E-state index is 0.0248. The van der Waals surface area contributed by atoms with Gasteiger partial charge in [-0.3, -0.25) is 14.4 Å². The van der Waals surface area contributed by atoms with E-state index >= 15 is 0 Å². The smallest absolute Gasteiger partial charge is 0.243 e. The Morgan fingerprint density at radius 2 is 1.63 bits per heavy atom. The number of sulfonamides is 1. The number of benzene rings is 1. The molecule has 1 aliphatic rings. The number of hydrogen-bond acceptors (Lipinski definition) is 5. The number of amides is 2. The van der Waals surface area contributed by atoms with E-state index in [1.54, 1.807) is 0 Å². The van der Waals surface area contributed by atoms with Crippen molar-refractivity contribution in [2.75, 3.05) is 26.7 Å². The lowest BCUT2D eigenvalue weighted by Crippen LogP contribution is -2.50. The predicted octanol–water partition coefficient (Wildman–Crippen LogP) is 1.66. The van der Waals surface area contributed by atoms with Gasteiger partial charge in [0.05, 0.1) is 11.4 Å². The third-order valence-electron chi connectivity index (χ3n) is 5.12. The summed E-state index contributed by atoms with van der Waals surface area (Å²) in [6, 6.07) is 5.55. The SMILES string of the molecule is CC(=O)c1ccc(S(=O)(=O)N(C)CC(=O)NC2CCN(C(=O)C(C)(C)C)CC2)cc1. The van der Waals surface area contributed by atoms with E-state index in [4.69, 9.17) is 0 Å². The van der Waals surface area contributed by atoms with Crippen LogP contribution in [0.5, 0.6) is 0 Å². The van der Waals surface area contributed by atoms with Gasteiger partial charge in [0, 0.05) is 37.2 Å². The van der Waals surface area contributed by atoms with E-state index in [1.165, 1.54) is 38.2 Å². The maximum absolute atomic E-state index is 12.7. The Balaban J connectivity index is 1.90. The highest BCUT2D eigenvalue weighted by Gasteiger charge is 2.31. The Morgan fingerprint density at radius 3 is 2.10 bits per heavy atom. The molecule has 1 aromatic carbocycles. The van der Waals surface area contributed by atoms with Crippen molar-refractivity contribution in [1.29, 1.82) is 0 Å². The number of likely N-dealkylation sites (tertiary alicyclic amines) is 1. The Kier molecular flexibility index (Phi) is 7.41. The number of likely N-dealkylation sites (N-methyl/N-ethyl adjacent to an activating group) is 1. The summed E-state index contributed by atoms with van der Waals surface area (Å²) < 4.78 is 26.3. The van der Waals surface area contributed by atoms with Gasteiger partial charge >= 0.3 is 0 Å². The van der Waals surface area contributed by atoms with E-state index in [9.17, 15) is 22.8 Å². The van der Waals surface area contributed by atoms with Gasteiger partial charge in [0.2, 0.25) is 21.8 Å². The fourth-order valence-electron chi connectivity index (χ4n) is 3.30. The molecule has 0 spiro atoms. The molecule has 0 aromatic heterocycles. The number of carbonyl (C=O) groups excluding carboxylic acids is 3. The monoisotopic (exact) mass is 437 g/mol. The summed E-state index contributed by atoms with van der Waals surface area (Å²) >= 11 is 0. The van der Waals surface area contributed by atoms with Gasteiger partial charge in [-0.25, -0.2) is 8.42 Å². The first-order valence-corrected chi connectivity index (χ1v) is 11.4. The maximum Gasteiger partial charge on any atom is 0.243 e. The minimum Gasteiger partial charge on any atom is -0.352 e. The van der Waals surface area contributed by atoms with Gasteiger partial charge in [-0.2, -0.15) is 4.31 Å². The summed E-state index contributed by atoms with van der Waals surface area (Å²) in [7, 11) is -2.50. The molecule has 1 fully saturated rings. The van der Waals surface area contributed by atoms with Crippen molar-refractivity contribution in [1.82, 2.24) is 14.5 Å². The highest BCUT2D eigenvalue weighted by atomic mass is 32.2. The van der Waals surface area contributed by atoms with Gasteiger partial charge in [0.25, 0.3) is 0 Å². The molecule has 1 aliphatic heterocycles. The van der Waals surface area contributed by atoms with Crippen molar-refractivity contribution in [2.45, 2.75) is 51.5 Å². The van der Waals surface area contributed by atoms with Crippen LogP contribution in [0.3, 0.4) is 0 Å². The van der Waals surface area contributed by atoms with Gasteiger partial charge in [0.15, 0.2) is 5.78 Å². The van der Waals surface area contributed by atoms with E-state index in [0.29, 0.717) is 31.5 Å². The zero-order chi connectivity index (χ0) is 22.7. The van der Waals surface area contributed by atoms with Crippen LogP contribution in [0.15, 0.2) is 29.2 Å². The number of piperidine rings is 1. The second kappa shape index (κ2) is 9.26. The van der Waals surface area contributed by atoms with Gasteiger partial charge in [-0.05, 0) is 31.9 Å². The summed E-state index contributed by atoms with van der Waals surface area (Å²) in [5.41, 5.74) is -0.0129. The molecular weight excluding hydrogens is 406 g/mol. The molecule has 0 atom stereocenters. The molecule has 0 saturated carbocycles. The first kappa shape index (κ1) is 24.0. The van der Waals surface area contributed by atoms with Crippen molar-refractivity contribution in [3.05, 3.63) is 29.8 Å². The van der Waals surface area contributed by atoms with Crippen molar-refractivity contribution in [2.24, 2.45) is 5.41 Å². The van der Waals surface area contributed by atoms with Crippen LogP contribution in [0.25, 0.3) is 0 Å². The third-order valence-corrected chi connectivity index (χ3v) is 6.94. The summed E-state index contributed by atoms with van der Waals surface area (Å²) in [4.78, 5) is 37.9. The molecule has 1 saturated heterocycles. The van der Waals surface area contributed by atoms with Crippen LogP contribution in [0, 0.1) is 5.41 Å². The number of ketones is 1. The molecule has 1 heterocycles. The van der Waals surface area contributed by atoms with E-state index in [1.807, 2.05) is 25.7 Å². The third kappa shape index (κ3) is 5.89. The van der Waals surface area contributed by atoms with Crippen LogP contribution in [-0.4, -0.2) is 67.9 Å². The largest absolute Gasteiger partial charge is 0.352 e. The van der Waals surface area contributed by atoms with Crippen molar-refractivity contribution in [3.8, 4) is 0 Å². The van der Waals surface area contributed by atoms with Crippen molar-refractivity contribution >= 4 is 27.6 Å². The average molecular weight is 438 g/mol. The Morgan fingerprint density at radius 1 is 1.10 bits per heavy atom. The van der Waals surface area contributed by atoms with Crippen LogP contribution < -0.4 is 5.32 Å². The highest BCUT2D eigenvalue weighted by Crippen LogP contribution is 2.21. The van der Waals surface area contributed by atoms with Crippen LogP contribution in [0.1, 0.15) is 50.9 Å². The lowest BCUT2D eigenvalue weighted by Gasteiger charge is -2.36. The summed E-state index contributed by atoms with van der Waals surface area (Å²) in [5, 5.41) is 2.87. The topological polar surface area (TPSA) is 104 Å². The molecule has 30 heavy (non-hydrogen) atoms. The molecule has 0 unspecified atom stereocenters. The molecule has 0 aliphatic carbocycles.